The predicted octanol–water partition coefficient (Wildman–Crippen LogP) is 4.79. The van der Waals surface area contributed by atoms with Crippen molar-refractivity contribution < 1.29 is 0 Å². The summed E-state index contributed by atoms with van der Waals surface area (Å²) in [5.41, 5.74) is 6.75. The first-order chi connectivity index (χ1) is 13.4. The van der Waals surface area contributed by atoms with Crippen molar-refractivity contribution in [2.24, 2.45) is 0 Å². The lowest BCUT2D eigenvalue weighted by Gasteiger charge is -2.16. The van der Waals surface area contributed by atoms with Gasteiger partial charge in [-0.2, -0.15) is 4.98 Å². The second-order valence-corrected chi connectivity index (χ2v) is 7.46. The maximum absolute atomic E-state index is 4.72. The summed E-state index contributed by atoms with van der Waals surface area (Å²) in [5.74, 6) is 1.42. The number of rotatable bonds is 7. The standard InChI is InChI=1S/C23H29N5/c1-16-13-17(2)22(18(3)14-16)26-21-15-20(19-9-7-6-8-10-19)25-23(27-21)24-11-12-28(4)5/h6-10,13-15H,11-12H2,1-5H3,(H2,24,25,26,27). The SMILES string of the molecule is Cc1cc(C)c(Nc2cc(-c3ccccc3)nc(NCCN(C)C)n2)c(C)c1. The second kappa shape index (κ2) is 8.85. The minimum absolute atomic E-state index is 0.633. The lowest BCUT2D eigenvalue weighted by Crippen LogP contribution is -2.21. The molecule has 146 valence electrons. The Kier molecular flexibility index (Phi) is 6.26. The molecular formula is C23H29N5. The lowest BCUT2D eigenvalue weighted by molar-refractivity contribution is 0.425. The highest BCUT2D eigenvalue weighted by atomic mass is 15.2. The molecule has 0 saturated carbocycles. The maximum Gasteiger partial charge on any atom is 0.225 e. The summed E-state index contributed by atoms with van der Waals surface area (Å²) in [4.78, 5) is 11.6. The van der Waals surface area contributed by atoms with E-state index in [1.165, 1.54) is 16.7 Å². The number of nitrogens with zero attached hydrogens (tertiary/aromatic N) is 3. The molecule has 2 N–H and O–H groups in total. The molecule has 2 aromatic carbocycles. The van der Waals surface area contributed by atoms with Crippen molar-refractivity contribution in [3.63, 3.8) is 0 Å². The van der Waals surface area contributed by atoms with E-state index in [1.807, 2.05) is 24.3 Å². The molecule has 3 aromatic rings. The molecule has 0 spiro atoms. The minimum Gasteiger partial charge on any atom is -0.353 e. The van der Waals surface area contributed by atoms with E-state index in [0.717, 1.165) is 35.9 Å². The van der Waals surface area contributed by atoms with Gasteiger partial charge in [-0.3, -0.25) is 0 Å². The molecule has 0 aliphatic rings. The van der Waals surface area contributed by atoms with E-state index in [2.05, 4.69) is 74.7 Å². The molecule has 0 unspecified atom stereocenters. The summed E-state index contributed by atoms with van der Waals surface area (Å²) >= 11 is 0. The summed E-state index contributed by atoms with van der Waals surface area (Å²) < 4.78 is 0. The van der Waals surface area contributed by atoms with Crippen LogP contribution in [0.4, 0.5) is 17.5 Å². The van der Waals surface area contributed by atoms with Crippen LogP contribution < -0.4 is 10.6 Å². The summed E-state index contributed by atoms with van der Waals surface area (Å²) in [5, 5.41) is 6.86. The largest absolute Gasteiger partial charge is 0.353 e. The van der Waals surface area contributed by atoms with E-state index >= 15 is 0 Å². The zero-order valence-electron chi connectivity index (χ0n) is 17.4. The van der Waals surface area contributed by atoms with Crippen LogP contribution in [-0.2, 0) is 0 Å². The predicted molar refractivity (Wildman–Crippen MR) is 118 cm³/mol. The van der Waals surface area contributed by atoms with Gasteiger partial charge in [0.15, 0.2) is 0 Å². The average Bonchev–Trinajstić information content (AvgIpc) is 2.65. The van der Waals surface area contributed by atoms with Gasteiger partial charge >= 0.3 is 0 Å². The normalized spacial score (nSPS) is 10.9. The molecule has 28 heavy (non-hydrogen) atoms. The zero-order chi connectivity index (χ0) is 20.1. The fourth-order valence-electron chi connectivity index (χ4n) is 3.24. The van der Waals surface area contributed by atoms with Gasteiger partial charge in [0.05, 0.1) is 5.69 Å². The first kappa shape index (κ1) is 19.8. The first-order valence-corrected chi connectivity index (χ1v) is 9.60. The van der Waals surface area contributed by atoms with E-state index in [0.29, 0.717) is 5.95 Å². The molecule has 1 heterocycles. The smallest absolute Gasteiger partial charge is 0.225 e. The maximum atomic E-state index is 4.72. The molecule has 0 bridgehead atoms. The molecule has 3 rings (SSSR count). The topological polar surface area (TPSA) is 53.1 Å². The van der Waals surface area contributed by atoms with Crippen LogP contribution in [0.1, 0.15) is 16.7 Å². The number of anilines is 3. The van der Waals surface area contributed by atoms with Gasteiger partial charge in [0.25, 0.3) is 0 Å². The third kappa shape index (κ3) is 5.08. The lowest BCUT2D eigenvalue weighted by atomic mass is 10.1. The highest BCUT2D eigenvalue weighted by Crippen LogP contribution is 2.28. The monoisotopic (exact) mass is 375 g/mol. The molecule has 0 fully saturated rings. The molecule has 0 aliphatic carbocycles. The Morgan fingerprint density at radius 3 is 2.21 bits per heavy atom. The third-order valence-corrected chi connectivity index (χ3v) is 4.57. The molecule has 0 radical (unpaired) electrons. The van der Waals surface area contributed by atoms with Crippen molar-refractivity contribution in [2.75, 3.05) is 37.8 Å². The molecule has 5 nitrogen and oxygen atoms in total. The Balaban J connectivity index is 1.95. The van der Waals surface area contributed by atoms with E-state index in [1.54, 1.807) is 0 Å². The molecular weight excluding hydrogens is 346 g/mol. The Labute approximate surface area is 167 Å². The van der Waals surface area contributed by atoms with Crippen molar-refractivity contribution in [3.05, 3.63) is 65.2 Å². The van der Waals surface area contributed by atoms with Crippen LogP contribution in [0.2, 0.25) is 0 Å². The number of benzene rings is 2. The van der Waals surface area contributed by atoms with Crippen LogP contribution in [0.3, 0.4) is 0 Å². The molecule has 0 saturated heterocycles. The molecule has 0 atom stereocenters. The zero-order valence-corrected chi connectivity index (χ0v) is 17.4. The highest BCUT2D eigenvalue weighted by Gasteiger charge is 2.10. The summed E-state index contributed by atoms with van der Waals surface area (Å²) in [7, 11) is 4.11. The molecule has 0 aliphatic heterocycles. The van der Waals surface area contributed by atoms with E-state index in [9.17, 15) is 0 Å². The van der Waals surface area contributed by atoms with Crippen molar-refractivity contribution in [1.29, 1.82) is 0 Å². The number of likely N-dealkylation sites (N-methyl/N-ethyl adjacent to an activating group) is 1. The molecule has 1 aromatic heterocycles. The van der Waals surface area contributed by atoms with Crippen molar-refractivity contribution >= 4 is 17.5 Å². The number of hydrogen-bond acceptors (Lipinski definition) is 5. The number of nitrogens with one attached hydrogen (secondary N) is 2. The van der Waals surface area contributed by atoms with Crippen molar-refractivity contribution in [1.82, 2.24) is 14.9 Å². The number of hydrogen-bond donors (Lipinski definition) is 2. The van der Waals surface area contributed by atoms with E-state index < -0.39 is 0 Å². The summed E-state index contributed by atoms with van der Waals surface area (Å²) in [6.07, 6.45) is 0. The van der Waals surface area contributed by atoms with E-state index in [-0.39, 0.29) is 0 Å². The van der Waals surface area contributed by atoms with Gasteiger partial charge in [-0.05, 0) is 46.0 Å². The first-order valence-electron chi connectivity index (χ1n) is 9.60. The molecule has 0 amide bonds. The molecule has 5 heteroatoms. The second-order valence-electron chi connectivity index (χ2n) is 7.46. The van der Waals surface area contributed by atoms with Gasteiger partial charge in [0.1, 0.15) is 5.82 Å². The fourth-order valence-corrected chi connectivity index (χ4v) is 3.24. The highest BCUT2D eigenvalue weighted by molar-refractivity contribution is 5.70. The van der Waals surface area contributed by atoms with Gasteiger partial charge < -0.3 is 15.5 Å². The van der Waals surface area contributed by atoms with Crippen LogP contribution in [0.5, 0.6) is 0 Å². The van der Waals surface area contributed by atoms with Crippen molar-refractivity contribution in [2.45, 2.75) is 20.8 Å². The van der Waals surface area contributed by atoms with Gasteiger partial charge in [-0.25, -0.2) is 4.98 Å². The Morgan fingerprint density at radius 2 is 1.57 bits per heavy atom. The minimum atomic E-state index is 0.633. The Hall–Kier alpha value is -2.92. The van der Waals surface area contributed by atoms with Crippen molar-refractivity contribution in [3.8, 4) is 11.3 Å². The van der Waals surface area contributed by atoms with Crippen LogP contribution >= 0.6 is 0 Å². The van der Waals surface area contributed by atoms with Gasteiger partial charge in [0.2, 0.25) is 5.95 Å². The Morgan fingerprint density at radius 1 is 0.893 bits per heavy atom. The number of aryl methyl sites for hydroxylation is 3. The quantitative estimate of drug-likeness (QED) is 0.622. The van der Waals surface area contributed by atoms with Gasteiger partial charge in [-0.1, -0.05) is 48.0 Å². The van der Waals surface area contributed by atoms with Crippen LogP contribution in [0, 0.1) is 20.8 Å². The van der Waals surface area contributed by atoms with E-state index in [4.69, 9.17) is 9.97 Å². The van der Waals surface area contributed by atoms with Crippen LogP contribution in [0.25, 0.3) is 11.3 Å². The number of aromatic nitrogens is 2. The van der Waals surface area contributed by atoms with Crippen LogP contribution in [0.15, 0.2) is 48.5 Å². The summed E-state index contributed by atoms with van der Waals surface area (Å²) in [6, 6.07) is 16.6. The average molecular weight is 376 g/mol. The summed E-state index contributed by atoms with van der Waals surface area (Å²) in [6.45, 7) is 8.07. The third-order valence-electron chi connectivity index (χ3n) is 4.57. The van der Waals surface area contributed by atoms with Gasteiger partial charge in [-0.15, -0.1) is 0 Å². The van der Waals surface area contributed by atoms with Gasteiger partial charge in [0, 0.05) is 30.4 Å². The van der Waals surface area contributed by atoms with Crippen LogP contribution in [-0.4, -0.2) is 42.1 Å². The Bertz CT molecular complexity index is 912. The fraction of sp³-hybridized carbons (Fsp3) is 0.304.